The van der Waals surface area contributed by atoms with Gasteiger partial charge in [-0.25, -0.2) is 0 Å². The molecule has 10 heteroatoms. The maximum Gasteiger partial charge on any atom is 0.230 e. The molecular formula is C26H26N6O2S2. The number of aromatic nitrogens is 4. The lowest BCUT2D eigenvalue weighted by molar-refractivity contribution is -0.116. The number of anilines is 2. The highest BCUT2D eigenvalue weighted by atomic mass is 32.1. The highest BCUT2D eigenvalue weighted by Gasteiger charge is 2.27. The van der Waals surface area contributed by atoms with E-state index in [-0.39, 0.29) is 23.7 Å². The molecule has 0 unspecified atom stereocenters. The van der Waals surface area contributed by atoms with E-state index in [0.29, 0.717) is 24.5 Å². The van der Waals surface area contributed by atoms with Crippen LogP contribution in [0.5, 0.6) is 0 Å². The van der Waals surface area contributed by atoms with Gasteiger partial charge in [0.1, 0.15) is 0 Å². The Morgan fingerprint density at radius 2 is 1.22 bits per heavy atom. The molecule has 4 heterocycles. The topological polar surface area (TPSA) is 110 Å². The van der Waals surface area contributed by atoms with E-state index in [1.54, 1.807) is 22.7 Å². The number of nitrogens with one attached hydrogen (secondary N) is 2. The van der Waals surface area contributed by atoms with Gasteiger partial charge in [-0.1, -0.05) is 18.6 Å². The monoisotopic (exact) mass is 518 g/mol. The van der Waals surface area contributed by atoms with E-state index in [4.69, 9.17) is 0 Å². The van der Waals surface area contributed by atoms with Gasteiger partial charge >= 0.3 is 0 Å². The van der Waals surface area contributed by atoms with Crippen molar-refractivity contribution in [1.82, 2.24) is 20.4 Å². The standard InChI is InChI=1S/C26H26N6O2S2/c33-25(15-19-6-2-12-35-19)27-23-10-8-21(29-31-23)17-4-1-5-18(14-17)22-9-11-24(32-30-22)28-26(34)16-20-7-3-13-36-20/h2-3,6-13,17-18H,1,4-5,14-16H2,(H,27,31,33)(H,28,32,34)/t17-,18-/m0/s1. The van der Waals surface area contributed by atoms with Crippen molar-refractivity contribution in [2.75, 3.05) is 10.6 Å². The number of nitrogens with zero attached hydrogens (tertiary/aromatic N) is 4. The minimum Gasteiger partial charge on any atom is -0.309 e. The van der Waals surface area contributed by atoms with Crippen LogP contribution in [0.15, 0.2) is 59.3 Å². The highest BCUT2D eigenvalue weighted by molar-refractivity contribution is 7.10. The van der Waals surface area contributed by atoms with Crippen molar-refractivity contribution in [1.29, 1.82) is 0 Å². The molecule has 1 saturated carbocycles. The second-order valence-electron chi connectivity index (χ2n) is 8.86. The summed E-state index contributed by atoms with van der Waals surface area (Å²) in [5.41, 5.74) is 1.86. The van der Waals surface area contributed by atoms with Crippen LogP contribution < -0.4 is 10.6 Å². The minimum absolute atomic E-state index is 0.0954. The molecule has 1 fully saturated rings. The first-order chi connectivity index (χ1) is 17.6. The van der Waals surface area contributed by atoms with E-state index < -0.39 is 0 Å². The zero-order valence-corrected chi connectivity index (χ0v) is 21.2. The molecule has 4 aromatic rings. The van der Waals surface area contributed by atoms with Crippen LogP contribution in [0, 0.1) is 0 Å². The van der Waals surface area contributed by atoms with Gasteiger partial charge in [0.05, 0.1) is 24.2 Å². The van der Waals surface area contributed by atoms with Crippen molar-refractivity contribution >= 4 is 46.1 Å². The predicted molar refractivity (Wildman–Crippen MR) is 141 cm³/mol. The Labute approximate surface area is 217 Å². The second-order valence-corrected chi connectivity index (χ2v) is 10.9. The first kappa shape index (κ1) is 24.2. The number of carbonyl (C=O) groups is 2. The Hall–Kier alpha value is -3.50. The molecule has 184 valence electrons. The number of hydrogen-bond donors (Lipinski definition) is 2. The highest BCUT2D eigenvalue weighted by Crippen LogP contribution is 2.40. The minimum atomic E-state index is -0.0954. The van der Waals surface area contributed by atoms with Gasteiger partial charge < -0.3 is 10.6 Å². The van der Waals surface area contributed by atoms with Crippen molar-refractivity contribution in [3.05, 3.63) is 80.4 Å². The summed E-state index contributed by atoms with van der Waals surface area (Å²) < 4.78 is 0. The molecule has 0 spiro atoms. The molecule has 1 aliphatic carbocycles. The zero-order valence-electron chi connectivity index (χ0n) is 19.6. The van der Waals surface area contributed by atoms with Gasteiger partial charge in [-0.3, -0.25) is 9.59 Å². The summed E-state index contributed by atoms with van der Waals surface area (Å²) in [6.45, 7) is 0. The fraction of sp³-hybridized carbons (Fsp3) is 0.308. The first-order valence-corrected chi connectivity index (χ1v) is 13.7. The van der Waals surface area contributed by atoms with Crippen LogP contribution in [-0.2, 0) is 22.4 Å². The summed E-state index contributed by atoms with van der Waals surface area (Å²) >= 11 is 3.12. The number of amides is 2. The van der Waals surface area contributed by atoms with Gasteiger partial charge in [0.15, 0.2) is 11.6 Å². The fourth-order valence-corrected chi connectivity index (χ4v) is 5.90. The molecule has 2 N–H and O–H groups in total. The van der Waals surface area contributed by atoms with Gasteiger partial charge in [-0.15, -0.1) is 32.9 Å². The van der Waals surface area contributed by atoms with Crippen LogP contribution in [0.3, 0.4) is 0 Å². The SMILES string of the molecule is O=C(Cc1cccs1)Nc1ccc([C@H]2CCC[C@H](c3ccc(NC(=O)Cc4cccs4)nn3)C2)nn1. The van der Waals surface area contributed by atoms with Crippen LogP contribution in [0.25, 0.3) is 0 Å². The van der Waals surface area contributed by atoms with E-state index in [9.17, 15) is 9.59 Å². The number of carbonyl (C=O) groups excluding carboxylic acids is 2. The van der Waals surface area contributed by atoms with E-state index in [0.717, 1.165) is 46.8 Å². The fourth-order valence-electron chi connectivity index (χ4n) is 4.50. The molecule has 4 aromatic heterocycles. The van der Waals surface area contributed by atoms with Crippen molar-refractivity contribution in [3.8, 4) is 0 Å². The molecule has 8 nitrogen and oxygen atoms in total. The van der Waals surface area contributed by atoms with Crippen LogP contribution in [0.2, 0.25) is 0 Å². The Morgan fingerprint density at radius 3 is 1.61 bits per heavy atom. The Bertz CT molecular complexity index is 1180. The Kier molecular flexibility index (Phi) is 7.73. The molecule has 5 rings (SSSR count). The number of rotatable bonds is 8. The van der Waals surface area contributed by atoms with Crippen LogP contribution in [0.1, 0.15) is 58.7 Å². The predicted octanol–water partition coefficient (Wildman–Crippen LogP) is 5.19. The summed E-state index contributed by atoms with van der Waals surface area (Å²) in [4.78, 5) is 26.5. The lowest BCUT2D eigenvalue weighted by Gasteiger charge is -2.28. The van der Waals surface area contributed by atoms with Crippen molar-refractivity contribution < 1.29 is 9.59 Å². The van der Waals surface area contributed by atoms with Crippen molar-refractivity contribution in [3.63, 3.8) is 0 Å². The normalized spacial score (nSPS) is 17.4. The molecule has 0 saturated heterocycles. The van der Waals surface area contributed by atoms with E-state index >= 15 is 0 Å². The van der Waals surface area contributed by atoms with Gasteiger partial charge in [0.25, 0.3) is 0 Å². The third-order valence-corrected chi connectivity index (χ3v) is 8.00. The Balaban J connectivity index is 1.15. The summed E-state index contributed by atoms with van der Waals surface area (Å²) in [6, 6.07) is 15.3. The van der Waals surface area contributed by atoms with Gasteiger partial charge in [0.2, 0.25) is 11.8 Å². The molecule has 2 atom stereocenters. The zero-order chi connectivity index (χ0) is 24.7. The maximum absolute atomic E-state index is 12.2. The number of hydrogen-bond acceptors (Lipinski definition) is 8. The molecule has 0 aromatic carbocycles. The summed E-state index contributed by atoms with van der Waals surface area (Å²) in [5, 5.41) is 26.9. The molecule has 36 heavy (non-hydrogen) atoms. The van der Waals surface area contributed by atoms with Gasteiger partial charge in [-0.2, -0.15) is 10.2 Å². The first-order valence-electron chi connectivity index (χ1n) is 11.9. The van der Waals surface area contributed by atoms with E-state index in [2.05, 4.69) is 31.0 Å². The van der Waals surface area contributed by atoms with Gasteiger partial charge in [0, 0.05) is 21.6 Å². The lowest BCUT2D eigenvalue weighted by atomic mass is 9.78. The molecule has 0 bridgehead atoms. The average Bonchev–Trinajstić information content (AvgIpc) is 3.59. The van der Waals surface area contributed by atoms with Crippen molar-refractivity contribution in [2.45, 2.75) is 50.4 Å². The summed E-state index contributed by atoms with van der Waals surface area (Å²) in [7, 11) is 0. The molecule has 1 aliphatic rings. The third-order valence-electron chi connectivity index (χ3n) is 6.25. The quantitative estimate of drug-likeness (QED) is 0.332. The average molecular weight is 519 g/mol. The summed E-state index contributed by atoms with van der Waals surface area (Å²) in [5.74, 6) is 1.30. The third kappa shape index (κ3) is 6.38. The van der Waals surface area contributed by atoms with E-state index in [1.165, 1.54) is 0 Å². The molecule has 0 radical (unpaired) electrons. The summed E-state index contributed by atoms with van der Waals surface area (Å²) in [6.07, 6.45) is 4.74. The van der Waals surface area contributed by atoms with Crippen molar-refractivity contribution in [2.24, 2.45) is 0 Å². The smallest absolute Gasteiger partial charge is 0.230 e. The van der Waals surface area contributed by atoms with Crippen LogP contribution in [-0.4, -0.2) is 32.2 Å². The molecule has 0 aliphatic heterocycles. The second kappa shape index (κ2) is 11.5. The maximum atomic E-state index is 12.2. The largest absolute Gasteiger partial charge is 0.309 e. The van der Waals surface area contributed by atoms with Crippen LogP contribution >= 0.6 is 22.7 Å². The Morgan fingerprint density at radius 1 is 0.722 bits per heavy atom. The van der Waals surface area contributed by atoms with Gasteiger partial charge in [-0.05, 0) is 66.4 Å². The van der Waals surface area contributed by atoms with Crippen LogP contribution in [0.4, 0.5) is 11.6 Å². The lowest BCUT2D eigenvalue weighted by Crippen LogP contribution is -2.18. The molecular weight excluding hydrogens is 492 g/mol. The molecule has 2 amide bonds. The number of thiophene rings is 2. The van der Waals surface area contributed by atoms with E-state index in [1.807, 2.05) is 59.3 Å².